The van der Waals surface area contributed by atoms with Crippen LogP contribution < -0.4 is 0 Å². The van der Waals surface area contributed by atoms with Gasteiger partial charge in [0.2, 0.25) is 0 Å². The summed E-state index contributed by atoms with van der Waals surface area (Å²) in [7, 11) is 1.77. The van der Waals surface area contributed by atoms with Crippen molar-refractivity contribution in [1.82, 2.24) is 4.90 Å². The van der Waals surface area contributed by atoms with E-state index >= 15 is 0 Å². The smallest absolute Gasteiger partial charge is 0.254 e. The SMILES string of the molecule is CCN(C)C(=O)c1ccc(C)cc1C#CCCO. The van der Waals surface area contributed by atoms with Crippen molar-refractivity contribution in [1.29, 1.82) is 0 Å². The van der Waals surface area contributed by atoms with Crippen LogP contribution in [0.3, 0.4) is 0 Å². The quantitative estimate of drug-likeness (QED) is 0.825. The van der Waals surface area contributed by atoms with Gasteiger partial charge in [-0.25, -0.2) is 0 Å². The summed E-state index contributed by atoms with van der Waals surface area (Å²) < 4.78 is 0. The van der Waals surface area contributed by atoms with E-state index in [9.17, 15) is 4.79 Å². The highest BCUT2D eigenvalue weighted by Gasteiger charge is 2.13. The van der Waals surface area contributed by atoms with E-state index in [4.69, 9.17) is 5.11 Å². The molecule has 0 aromatic heterocycles. The summed E-state index contributed by atoms with van der Waals surface area (Å²) in [6, 6.07) is 5.63. The second-order valence-electron chi connectivity index (χ2n) is 4.14. The van der Waals surface area contributed by atoms with Gasteiger partial charge in [-0.15, -0.1) is 0 Å². The Morgan fingerprint density at radius 2 is 2.17 bits per heavy atom. The van der Waals surface area contributed by atoms with E-state index < -0.39 is 0 Å². The molecule has 1 rings (SSSR count). The summed E-state index contributed by atoms with van der Waals surface area (Å²) in [5, 5.41) is 8.73. The molecule has 0 aliphatic carbocycles. The molecular formula is C15H19NO2. The van der Waals surface area contributed by atoms with Crippen LogP contribution in [0.25, 0.3) is 0 Å². The van der Waals surface area contributed by atoms with Crippen molar-refractivity contribution in [3.05, 3.63) is 34.9 Å². The highest BCUT2D eigenvalue weighted by atomic mass is 16.2. The number of benzene rings is 1. The predicted octanol–water partition coefficient (Wildman–Crippen LogP) is 1.82. The van der Waals surface area contributed by atoms with Gasteiger partial charge in [0.15, 0.2) is 0 Å². The third-order valence-electron chi connectivity index (χ3n) is 2.69. The Labute approximate surface area is 108 Å². The molecule has 96 valence electrons. The zero-order valence-corrected chi connectivity index (χ0v) is 11.2. The largest absolute Gasteiger partial charge is 0.395 e. The lowest BCUT2D eigenvalue weighted by Crippen LogP contribution is -2.26. The fraction of sp³-hybridized carbons (Fsp3) is 0.400. The molecule has 0 bridgehead atoms. The second-order valence-corrected chi connectivity index (χ2v) is 4.14. The van der Waals surface area contributed by atoms with E-state index in [2.05, 4.69) is 11.8 Å². The maximum Gasteiger partial charge on any atom is 0.254 e. The Morgan fingerprint density at radius 1 is 1.44 bits per heavy atom. The van der Waals surface area contributed by atoms with Gasteiger partial charge in [-0.3, -0.25) is 4.79 Å². The molecule has 0 saturated heterocycles. The molecule has 0 saturated carbocycles. The molecule has 0 atom stereocenters. The highest BCUT2D eigenvalue weighted by Crippen LogP contribution is 2.13. The van der Waals surface area contributed by atoms with E-state index in [-0.39, 0.29) is 12.5 Å². The lowest BCUT2D eigenvalue weighted by molar-refractivity contribution is 0.0802. The van der Waals surface area contributed by atoms with Crippen LogP contribution in [0.15, 0.2) is 18.2 Å². The van der Waals surface area contributed by atoms with Crippen LogP contribution in [0.5, 0.6) is 0 Å². The van der Waals surface area contributed by atoms with Gasteiger partial charge < -0.3 is 10.0 Å². The van der Waals surface area contributed by atoms with Crippen molar-refractivity contribution in [3.8, 4) is 11.8 Å². The minimum Gasteiger partial charge on any atom is -0.395 e. The topological polar surface area (TPSA) is 40.5 Å². The van der Waals surface area contributed by atoms with Crippen molar-refractivity contribution in [2.24, 2.45) is 0 Å². The number of rotatable bonds is 3. The van der Waals surface area contributed by atoms with Crippen molar-refractivity contribution >= 4 is 5.91 Å². The standard InChI is InChI=1S/C15H19NO2/c1-4-16(3)15(18)14-9-8-12(2)11-13(14)7-5-6-10-17/h8-9,11,17H,4,6,10H2,1-3H3. The van der Waals surface area contributed by atoms with Crippen molar-refractivity contribution in [2.45, 2.75) is 20.3 Å². The van der Waals surface area contributed by atoms with Crippen LogP contribution >= 0.6 is 0 Å². The first-order chi connectivity index (χ1) is 8.60. The molecule has 0 radical (unpaired) electrons. The Morgan fingerprint density at radius 3 is 2.78 bits per heavy atom. The Kier molecular flexibility index (Phi) is 5.41. The molecule has 1 amide bonds. The molecule has 3 nitrogen and oxygen atoms in total. The van der Waals surface area contributed by atoms with Crippen LogP contribution in [0, 0.1) is 18.8 Å². The summed E-state index contributed by atoms with van der Waals surface area (Å²) in [5.74, 6) is 5.80. The van der Waals surface area contributed by atoms with Gasteiger partial charge >= 0.3 is 0 Å². The van der Waals surface area contributed by atoms with E-state index in [1.165, 1.54) is 0 Å². The van der Waals surface area contributed by atoms with Crippen molar-refractivity contribution in [2.75, 3.05) is 20.2 Å². The lowest BCUT2D eigenvalue weighted by atomic mass is 10.0. The highest BCUT2D eigenvalue weighted by molar-refractivity contribution is 5.96. The summed E-state index contributed by atoms with van der Waals surface area (Å²) in [5.41, 5.74) is 2.42. The Bertz CT molecular complexity index is 483. The van der Waals surface area contributed by atoms with Gasteiger partial charge in [0, 0.05) is 25.6 Å². The fourth-order valence-corrected chi connectivity index (χ4v) is 1.51. The number of amides is 1. The summed E-state index contributed by atoms with van der Waals surface area (Å²) in [4.78, 5) is 13.8. The Balaban J connectivity index is 3.12. The molecule has 0 fully saturated rings. The second kappa shape index (κ2) is 6.83. The van der Waals surface area contributed by atoms with Gasteiger partial charge in [0.05, 0.1) is 12.2 Å². The maximum absolute atomic E-state index is 12.1. The molecule has 0 unspecified atom stereocenters. The van der Waals surface area contributed by atoms with Gasteiger partial charge in [-0.2, -0.15) is 0 Å². The molecule has 3 heteroatoms. The van der Waals surface area contributed by atoms with Gasteiger partial charge in [0.25, 0.3) is 5.91 Å². The van der Waals surface area contributed by atoms with Crippen LogP contribution in [-0.4, -0.2) is 36.1 Å². The monoisotopic (exact) mass is 245 g/mol. The number of aliphatic hydroxyl groups is 1. The first kappa shape index (κ1) is 14.3. The van der Waals surface area contributed by atoms with Gasteiger partial charge in [0.1, 0.15) is 0 Å². The van der Waals surface area contributed by atoms with Crippen LogP contribution in [0.1, 0.15) is 34.8 Å². The third kappa shape index (κ3) is 3.61. The zero-order valence-electron chi connectivity index (χ0n) is 11.2. The van der Waals surface area contributed by atoms with Crippen molar-refractivity contribution < 1.29 is 9.90 Å². The summed E-state index contributed by atoms with van der Waals surface area (Å²) in [6.07, 6.45) is 0.422. The molecular weight excluding hydrogens is 226 g/mol. The number of aliphatic hydroxyl groups excluding tert-OH is 1. The fourth-order valence-electron chi connectivity index (χ4n) is 1.51. The van der Waals surface area contributed by atoms with E-state index in [1.54, 1.807) is 11.9 Å². The molecule has 1 aromatic carbocycles. The molecule has 0 spiro atoms. The average Bonchev–Trinajstić information content (AvgIpc) is 2.37. The van der Waals surface area contributed by atoms with Crippen LogP contribution in [0.2, 0.25) is 0 Å². The number of aryl methyl sites for hydroxylation is 1. The van der Waals surface area contributed by atoms with Crippen LogP contribution in [-0.2, 0) is 0 Å². The van der Waals surface area contributed by atoms with E-state index in [0.717, 1.165) is 11.1 Å². The molecule has 0 aliphatic heterocycles. The third-order valence-corrected chi connectivity index (χ3v) is 2.69. The molecule has 0 aliphatic rings. The molecule has 0 heterocycles. The average molecular weight is 245 g/mol. The summed E-state index contributed by atoms with van der Waals surface area (Å²) in [6.45, 7) is 4.60. The number of hydrogen-bond donors (Lipinski definition) is 1. The Hall–Kier alpha value is -1.79. The van der Waals surface area contributed by atoms with E-state index in [1.807, 2.05) is 32.0 Å². The lowest BCUT2D eigenvalue weighted by Gasteiger charge is -2.15. The number of hydrogen-bond acceptors (Lipinski definition) is 2. The minimum atomic E-state index is -0.0224. The van der Waals surface area contributed by atoms with E-state index in [0.29, 0.717) is 18.5 Å². The molecule has 1 N–H and O–H groups in total. The summed E-state index contributed by atoms with van der Waals surface area (Å²) >= 11 is 0. The maximum atomic E-state index is 12.1. The molecule has 18 heavy (non-hydrogen) atoms. The number of carbonyl (C=O) groups excluding carboxylic acids is 1. The van der Waals surface area contributed by atoms with Gasteiger partial charge in [-0.05, 0) is 31.5 Å². The zero-order chi connectivity index (χ0) is 13.5. The minimum absolute atomic E-state index is 0.0224. The molecule has 1 aromatic rings. The predicted molar refractivity (Wildman–Crippen MR) is 72.4 cm³/mol. The van der Waals surface area contributed by atoms with Crippen LogP contribution in [0.4, 0.5) is 0 Å². The first-order valence-corrected chi connectivity index (χ1v) is 6.06. The first-order valence-electron chi connectivity index (χ1n) is 6.06. The normalized spacial score (nSPS) is 9.56. The number of carbonyl (C=O) groups is 1. The van der Waals surface area contributed by atoms with Gasteiger partial charge in [-0.1, -0.05) is 17.9 Å². The van der Waals surface area contributed by atoms with Crippen molar-refractivity contribution in [3.63, 3.8) is 0 Å². The number of nitrogens with zero attached hydrogens (tertiary/aromatic N) is 1.